The summed E-state index contributed by atoms with van der Waals surface area (Å²) in [6.45, 7) is 0.616. The van der Waals surface area contributed by atoms with Crippen LogP contribution in [0.3, 0.4) is 0 Å². The van der Waals surface area contributed by atoms with Crippen LogP contribution in [0.5, 0.6) is 0 Å². The minimum Gasteiger partial charge on any atom is -0.444 e. The van der Waals surface area contributed by atoms with Gasteiger partial charge in [-0.2, -0.15) is 0 Å². The summed E-state index contributed by atoms with van der Waals surface area (Å²) in [5, 5.41) is 0. The quantitative estimate of drug-likeness (QED) is 0.670. The standard InChI is InChI=1S/C14H11N3O2/c18-8-13-5-15-9-17(13)7-11-1-3-12(4-2-11)14-6-16-10-19-14/h1-6,8-10H,7H2. The lowest BCUT2D eigenvalue weighted by molar-refractivity contribution is 0.111. The molecule has 0 aliphatic rings. The number of nitrogens with zero attached hydrogens (tertiary/aromatic N) is 3. The molecule has 0 aliphatic carbocycles. The van der Waals surface area contributed by atoms with Gasteiger partial charge in [0.2, 0.25) is 0 Å². The topological polar surface area (TPSA) is 60.9 Å². The molecular formula is C14H11N3O2. The van der Waals surface area contributed by atoms with Crippen molar-refractivity contribution in [3.05, 3.63) is 60.6 Å². The first-order valence-electron chi connectivity index (χ1n) is 5.80. The Balaban J connectivity index is 1.82. The van der Waals surface area contributed by atoms with Gasteiger partial charge in [0, 0.05) is 12.1 Å². The first-order valence-corrected chi connectivity index (χ1v) is 5.80. The normalized spacial score (nSPS) is 10.5. The second-order valence-corrected chi connectivity index (χ2v) is 4.13. The number of rotatable bonds is 4. The summed E-state index contributed by atoms with van der Waals surface area (Å²) in [5.74, 6) is 0.739. The van der Waals surface area contributed by atoms with E-state index in [1.54, 1.807) is 23.3 Å². The highest BCUT2D eigenvalue weighted by molar-refractivity contribution is 5.71. The van der Waals surface area contributed by atoms with Crippen LogP contribution in [0.15, 0.2) is 53.8 Å². The number of hydrogen-bond acceptors (Lipinski definition) is 4. The molecule has 0 aliphatic heterocycles. The van der Waals surface area contributed by atoms with Crippen molar-refractivity contribution >= 4 is 6.29 Å². The summed E-state index contributed by atoms with van der Waals surface area (Å²) in [4.78, 5) is 18.7. The zero-order valence-corrected chi connectivity index (χ0v) is 10.1. The van der Waals surface area contributed by atoms with Crippen LogP contribution in [0.2, 0.25) is 0 Å². The Hall–Kier alpha value is -2.69. The van der Waals surface area contributed by atoms with Gasteiger partial charge in [0.25, 0.3) is 0 Å². The Morgan fingerprint density at radius 3 is 2.68 bits per heavy atom. The van der Waals surface area contributed by atoms with E-state index in [2.05, 4.69) is 9.97 Å². The van der Waals surface area contributed by atoms with E-state index in [0.29, 0.717) is 12.2 Å². The average Bonchev–Trinajstić information content (AvgIpc) is 3.10. The highest BCUT2D eigenvalue weighted by Gasteiger charge is 2.04. The van der Waals surface area contributed by atoms with E-state index in [-0.39, 0.29) is 0 Å². The number of imidazole rings is 1. The first-order chi connectivity index (χ1) is 9.36. The third-order valence-corrected chi connectivity index (χ3v) is 2.89. The zero-order chi connectivity index (χ0) is 13.1. The van der Waals surface area contributed by atoms with Gasteiger partial charge in [-0.1, -0.05) is 24.3 Å². The molecule has 0 fully saturated rings. The summed E-state index contributed by atoms with van der Waals surface area (Å²) in [6.07, 6.45) is 7.08. The van der Waals surface area contributed by atoms with Gasteiger partial charge >= 0.3 is 0 Å². The number of oxazole rings is 1. The maximum Gasteiger partial charge on any atom is 0.181 e. The van der Waals surface area contributed by atoms with Crippen LogP contribution >= 0.6 is 0 Å². The number of hydrogen-bond donors (Lipinski definition) is 0. The predicted molar refractivity (Wildman–Crippen MR) is 68.7 cm³/mol. The van der Waals surface area contributed by atoms with E-state index in [1.807, 2.05) is 24.3 Å². The van der Waals surface area contributed by atoms with Crippen molar-refractivity contribution in [1.82, 2.24) is 14.5 Å². The summed E-state index contributed by atoms with van der Waals surface area (Å²) in [5.41, 5.74) is 2.63. The molecule has 0 bridgehead atoms. The zero-order valence-electron chi connectivity index (χ0n) is 10.1. The van der Waals surface area contributed by atoms with Gasteiger partial charge in [0.1, 0.15) is 5.69 Å². The molecule has 0 radical (unpaired) electrons. The third kappa shape index (κ3) is 2.30. The van der Waals surface area contributed by atoms with Crippen molar-refractivity contribution in [1.29, 1.82) is 0 Å². The van der Waals surface area contributed by atoms with Crippen molar-refractivity contribution in [2.75, 3.05) is 0 Å². The van der Waals surface area contributed by atoms with Gasteiger partial charge in [-0.25, -0.2) is 9.97 Å². The largest absolute Gasteiger partial charge is 0.444 e. The molecule has 2 heterocycles. The molecule has 5 nitrogen and oxygen atoms in total. The first kappa shape index (κ1) is 11.4. The molecule has 0 unspecified atom stereocenters. The molecule has 94 valence electrons. The van der Waals surface area contributed by atoms with E-state index in [9.17, 15) is 4.79 Å². The molecule has 0 saturated heterocycles. The molecule has 3 aromatic rings. The summed E-state index contributed by atoms with van der Waals surface area (Å²) in [7, 11) is 0. The van der Waals surface area contributed by atoms with Gasteiger partial charge in [-0.15, -0.1) is 0 Å². The SMILES string of the molecule is O=Cc1cncn1Cc1ccc(-c2cnco2)cc1. The molecule has 19 heavy (non-hydrogen) atoms. The van der Waals surface area contributed by atoms with Crippen molar-refractivity contribution in [3.63, 3.8) is 0 Å². The van der Waals surface area contributed by atoms with Gasteiger partial charge in [-0.05, 0) is 5.56 Å². The van der Waals surface area contributed by atoms with Crippen LogP contribution < -0.4 is 0 Å². The van der Waals surface area contributed by atoms with Crippen LogP contribution in [0.25, 0.3) is 11.3 Å². The molecule has 0 amide bonds. The van der Waals surface area contributed by atoms with Crippen LogP contribution in [0.4, 0.5) is 0 Å². The lowest BCUT2D eigenvalue weighted by atomic mass is 10.1. The number of benzene rings is 1. The van der Waals surface area contributed by atoms with Gasteiger partial charge in [0.15, 0.2) is 18.4 Å². The number of aldehydes is 1. The number of carbonyl (C=O) groups is 1. The molecule has 3 rings (SSSR count). The van der Waals surface area contributed by atoms with E-state index in [4.69, 9.17) is 4.42 Å². The van der Waals surface area contributed by atoms with E-state index >= 15 is 0 Å². The Morgan fingerprint density at radius 1 is 1.16 bits per heavy atom. The molecule has 0 N–H and O–H groups in total. The number of aromatic nitrogens is 3. The Kier molecular flexibility index (Phi) is 2.94. The van der Waals surface area contributed by atoms with E-state index in [0.717, 1.165) is 23.2 Å². The smallest absolute Gasteiger partial charge is 0.181 e. The van der Waals surface area contributed by atoms with Crippen LogP contribution in [0.1, 0.15) is 16.1 Å². The highest BCUT2D eigenvalue weighted by atomic mass is 16.3. The lowest BCUT2D eigenvalue weighted by Gasteiger charge is -2.05. The summed E-state index contributed by atoms with van der Waals surface area (Å²) in [6, 6.07) is 7.92. The molecule has 0 saturated carbocycles. The maximum absolute atomic E-state index is 10.8. The number of carbonyl (C=O) groups excluding carboxylic acids is 1. The molecule has 1 aromatic carbocycles. The second kappa shape index (κ2) is 4.89. The van der Waals surface area contributed by atoms with Crippen LogP contribution in [0, 0.1) is 0 Å². The van der Waals surface area contributed by atoms with Gasteiger partial charge < -0.3 is 8.98 Å². The maximum atomic E-state index is 10.8. The van der Waals surface area contributed by atoms with Crippen LogP contribution in [-0.2, 0) is 6.54 Å². The minimum absolute atomic E-state index is 0.569. The highest BCUT2D eigenvalue weighted by Crippen LogP contribution is 2.19. The fourth-order valence-electron chi connectivity index (χ4n) is 1.89. The van der Waals surface area contributed by atoms with Crippen molar-refractivity contribution < 1.29 is 9.21 Å². The minimum atomic E-state index is 0.569. The average molecular weight is 253 g/mol. The van der Waals surface area contributed by atoms with Crippen molar-refractivity contribution in [2.45, 2.75) is 6.54 Å². The fraction of sp³-hybridized carbons (Fsp3) is 0.0714. The Labute approximate surface area is 109 Å². The van der Waals surface area contributed by atoms with Crippen LogP contribution in [-0.4, -0.2) is 20.8 Å². The third-order valence-electron chi connectivity index (χ3n) is 2.89. The Bertz CT molecular complexity index is 669. The van der Waals surface area contributed by atoms with Gasteiger partial charge in [0.05, 0.1) is 18.7 Å². The predicted octanol–water partition coefficient (Wildman–Crippen LogP) is 2.40. The fourth-order valence-corrected chi connectivity index (χ4v) is 1.89. The van der Waals surface area contributed by atoms with E-state index in [1.165, 1.54) is 6.39 Å². The monoisotopic (exact) mass is 253 g/mol. The molecular weight excluding hydrogens is 242 g/mol. The molecule has 0 spiro atoms. The van der Waals surface area contributed by atoms with Crippen molar-refractivity contribution in [2.24, 2.45) is 0 Å². The summed E-state index contributed by atoms with van der Waals surface area (Å²) < 4.78 is 7.03. The van der Waals surface area contributed by atoms with Crippen molar-refractivity contribution in [3.8, 4) is 11.3 Å². The second-order valence-electron chi connectivity index (χ2n) is 4.13. The molecule has 2 aromatic heterocycles. The summed E-state index contributed by atoms with van der Waals surface area (Å²) >= 11 is 0. The molecule has 5 heteroatoms. The lowest BCUT2D eigenvalue weighted by Crippen LogP contribution is -2.02. The molecule has 0 atom stereocenters. The Morgan fingerprint density at radius 2 is 2.00 bits per heavy atom. The van der Waals surface area contributed by atoms with E-state index < -0.39 is 0 Å². The van der Waals surface area contributed by atoms with Gasteiger partial charge in [-0.3, -0.25) is 4.79 Å².